The Hall–Kier alpha value is -1.35. The van der Waals surface area contributed by atoms with Crippen LogP contribution in [-0.2, 0) is 17.6 Å². The SMILES string of the molecule is CCCCc1ccc(C[C@@H](C(=O)O)N2CCCCC2)cc1. The third-order valence-electron chi connectivity index (χ3n) is 4.39. The Morgan fingerprint density at radius 2 is 1.76 bits per heavy atom. The number of aliphatic carboxylic acids is 1. The first kappa shape index (κ1) is 16.0. The Labute approximate surface area is 128 Å². The molecule has 0 aliphatic carbocycles. The Morgan fingerprint density at radius 3 is 2.33 bits per heavy atom. The maximum absolute atomic E-state index is 11.6. The minimum absolute atomic E-state index is 0.369. The number of hydrogen-bond acceptors (Lipinski definition) is 2. The fraction of sp³-hybridized carbons (Fsp3) is 0.611. The van der Waals surface area contributed by atoms with Gasteiger partial charge < -0.3 is 5.11 Å². The topological polar surface area (TPSA) is 40.5 Å². The van der Waals surface area contributed by atoms with E-state index in [1.165, 1.54) is 24.8 Å². The highest BCUT2D eigenvalue weighted by molar-refractivity contribution is 5.74. The van der Waals surface area contributed by atoms with Crippen molar-refractivity contribution in [3.63, 3.8) is 0 Å². The van der Waals surface area contributed by atoms with Crippen molar-refractivity contribution in [1.82, 2.24) is 4.90 Å². The zero-order valence-corrected chi connectivity index (χ0v) is 13.1. The normalized spacial score (nSPS) is 17.6. The molecule has 3 heteroatoms. The predicted octanol–water partition coefficient (Wildman–Crippen LogP) is 3.51. The van der Waals surface area contributed by atoms with Crippen LogP contribution >= 0.6 is 0 Å². The van der Waals surface area contributed by atoms with E-state index in [4.69, 9.17) is 0 Å². The molecule has 2 rings (SSSR count). The number of carboxylic acid groups (broad SMARTS) is 1. The van der Waals surface area contributed by atoms with E-state index in [1.807, 2.05) is 0 Å². The zero-order valence-electron chi connectivity index (χ0n) is 13.1. The van der Waals surface area contributed by atoms with Crippen LogP contribution in [0.1, 0.15) is 50.2 Å². The van der Waals surface area contributed by atoms with E-state index in [1.54, 1.807) is 0 Å². The summed E-state index contributed by atoms with van der Waals surface area (Å²) in [6, 6.07) is 8.14. The summed E-state index contributed by atoms with van der Waals surface area (Å²) in [5, 5.41) is 9.52. The number of hydrogen-bond donors (Lipinski definition) is 1. The van der Waals surface area contributed by atoms with Gasteiger partial charge in [0.25, 0.3) is 0 Å². The number of benzene rings is 1. The molecule has 0 aromatic heterocycles. The van der Waals surface area contributed by atoms with Crippen LogP contribution in [-0.4, -0.2) is 35.1 Å². The van der Waals surface area contributed by atoms with E-state index in [9.17, 15) is 9.90 Å². The summed E-state index contributed by atoms with van der Waals surface area (Å²) in [6.07, 6.45) is 7.63. The third kappa shape index (κ3) is 4.85. The number of carbonyl (C=O) groups is 1. The van der Waals surface area contributed by atoms with Gasteiger partial charge in [-0.3, -0.25) is 9.69 Å². The molecule has 1 aromatic rings. The Morgan fingerprint density at radius 1 is 1.14 bits per heavy atom. The fourth-order valence-electron chi connectivity index (χ4n) is 3.05. The van der Waals surface area contributed by atoms with Crippen LogP contribution in [0, 0.1) is 0 Å². The van der Waals surface area contributed by atoms with Crippen molar-refractivity contribution in [2.45, 2.75) is 57.9 Å². The molecule has 1 aliphatic rings. The van der Waals surface area contributed by atoms with E-state index in [0.717, 1.165) is 37.9 Å². The molecule has 0 radical (unpaired) electrons. The second-order valence-electron chi connectivity index (χ2n) is 6.07. The van der Waals surface area contributed by atoms with Gasteiger partial charge in [0, 0.05) is 0 Å². The molecular formula is C18H27NO2. The minimum Gasteiger partial charge on any atom is -0.480 e. The second-order valence-corrected chi connectivity index (χ2v) is 6.07. The highest BCUT2D eigenvalue weighted by atomic mass is 16.4. The smallest absolute Gasteiger partial charge is 0.321 e. The number of aryl methyl sites for hydroxylation is 1. The van der Waals surface area contributed by atoms with E-state index in [2.05, 4.69) is 36.1 Å². The van der Waals surface area contributed by atoms with Gasteiger partial charge >= 0.3 is 5.97 Å². The largest absolute Gasteiger partial charge is 0.480 e. The molecule has 1 aliphatic heterocycles. The molecule has 116 valence electrons. The van der Waals surface area contributed by atoms with E-state index < -0.39 is 5.97 Å². The van der Waals surface area contributed by atoms with Crippen molar-refractivity contribution < 1.29 is 9.90 Å². The molecule has 0 saturated carbocycles. The lowest BCUT2D eigenvalue weighted by Crippen LogP contribution is -2.45. The molecule has 1 saturated heterocycles. The third-order valence-corrected chi connectivity index (χ3v) is 4.39. The molecule has 21 heavy (non-hydrogen) atoms. The van der Waals surface area contributed by atoms with Gasteiger partial charge in [-0.15, -0.1) is 0 Å². The first-order valence-corrected chi connectivity index (χ1v) is 8.25. The van der Waals surface area contributed by atoms with Gasteiger partial charge in [0.05, 0.1) is 0 Å². The highest BCUT2D eigenvalue weighted by Gasteiger charge is 2.26. The molecule has 1 fully saturated rings. The fourth-order valence-corrected chi connectivity index (χ4v) is 3.05. The van der Waals surface area contributed by atoms with Crippen LogP contribution in [0.4, 0.5) is 0 Å². The highest BCUT2D eigenvalue weighted by Crippen LogP contribution is 2.17. The molecule has 1 aromatic carbocycles. The van der Waals surface area contributed by atoms with Crippen LogP contribution in [0.3, 0.4) is 0 Å². The van der Waals surface area contributed by atoms with Gasteiger partial charge in [-0.1, -0.05) is 44.0 Å². The van der Waals surface area contributed by atoms with Crippen LogP contribution in [0.2, 0.25) is 0 Å². The molecular weight excluding hydrogens is 262 g/mol. The number of likely N-dealkylation sites (tertiary alicyclic amines) is 1. The summed E-state index contributed by atoms with van der Waals surface area (Å²) in [6.45, 7) is 4.04. The Bertz CT molecular complexity index is 435. The Balaban J connectivity index is 1.97. The molecule has 0 amide bonds. The van der Waals surface area contributed by atoms with Crippen molar-refractivity contribution in [2.75, 3.05) is 13.1 Å². The van der Waals surface area contributed by atoms with E-state index >= 15 is 0 Å². The summed E-state index contributed by atoms with van der Waals surface area (Å²) in [4.78, 5) is 13.7. The number of unbranched alkanes of at least 4 members (excludes halogenated alkanes) is 1. The number of rotatable bonds is 7. The van der Waals surface area contributed by atoms with Gasteiger partial charge in [-0.2, -0.15) is 0 Å². The zero-order chi connectivity index (χ0) is 15.1. The quantitative estimate of drug-likeness (QED) is 0.835. The lowest BCUT2D eigenvalue weighted by atomic mass is 9.99. The molecule has 1 N–H and O–H groups in total. The lowest BCUT2D eigenvalue weighted by molar-refractivity contribution is -0.143. The lowest BCUT2D eigenvalue weighted by Gasteiger charge is -2.32. The average Bonchev–Trinajstić information content (AvgIpc) is 2.52. The summed E-state index contributed by atoms with van der Waals surface area (Å²) in [7, 11) is 0. The number of carboxylic acids is 1. The summed E-state index contributed by atoms with van der Waals surface area (Å²) in [5.41, 5.74) is 2.48. The van der Waals surface area contributed by atoms with Crippen LogP contribution in [0.25, 0.3) is 0 Å². The van der Waals surface area contributed by atoms with Crippen LogP contribution in [0.15, 0.2) is 24.3 Å². The van der Waals surface area contributed by atoms with E-state index in [0.29, 0.717) is 6.42 Å². The summed E-state index contributed by atoms with van der Waals surface area (Å²) < 4.78 is 0. The van der Waals surface area contributed by atoms with Gasteiger partial charge in [-0.05, 0) is 56.3 Å². The Kier molecular flexibility index (Phi) is 6.24. The van der Waals surface area contributed by atoms with Crippen LogP contribution in [0.5, 0.6) is 0 Å². The molecule has 0 spiro atoms. The molecule has 1 heterocycles. The standard InChI is InChI=1S/C18H27NO2/c1-2-3-7-15-8-10-16(11-9-15)14-17(18(20)21)19-12-5-4-6-13-19/h8-11,17H,2-7,12-14H2,1H3,(H,20,21)/t17-/m0/s1. The molecule has 0 unspecified atom stereocenters. The van der Waals surface area contributed by atoms with Crippen molar-refractivity contribution in [3.8, 4) is 0 Å². The summed E-state index contributed by atoms with van der Waals surface area (Å²) in [5.74, 6) is -0.688. The molecule has 0 bridgehead atoms. The molecule has 1 atom stereocenters. The maximum Gasteiger partial charge on any atom is 0.321 e. The van der Waals surface area contributed by atoms with Crippen molar-refractivity contribution in [2.24, 2.45) is 0 Å². The van der Waals surface area contributed by atoms with Gasteiger partial charge in [-0.25, -0.2) is 0 Å². The van der Waals surface area contributed by atoms with Gasteiger partial charge in [0.2, 0.25) is 0 Å². The maximum atomic E-state index is 11.6. The van der Waals surface area contributed by atoms with Crippen LogP contribution < -0.4 is 0 Å². The monoisotopic (exact) mass is 289 g/mol. The number of piperidine rings is 1. The van der Waals surface area contributed by atoms with Gasteiger partial charge in [0.15, 0.2) is 0 Å². The van der Waals surface area contributed by atoms with Crippen molar-refractivity contribution in [3.05, 3.63) is 35.4 Å². The van der Waals surface area contributed by atoms with Crippen molar-refractivity contribution in [1.29, 1.82) is 0 Å². The van der Waals surface area contributed by atoms with E-state index in [-0.39, 0.29) is 6.04 Å². The second kappa shape index (κ2) is 8.18. The first-order chi connectivity index (χ1) is 10.2. The summed E-state index contributed by atoms with van der Waals surface area (Å²) >= 11 is 0. The predicted molar refractivity (Wildman–Crippen MR) is 85.6 cm³/mol. The average molecular weight is 289 g/mol. The minimum atomic E-state index is -0.688. The van der Waals surface area contributed by atoms with Crippen molar-refractivity contribution >= 4 is 5.97 Å². The molecule has 3 nitrogen and oxygen atoms in total. The van der Waals surface area contributed by atoms with Gasteiger partial charge in [0.1, 0.15) is 6.04 Å². The first-order valence-electron chi connectivity index (χ1n) is 8.25. The number of nitrogens with zero attached hydrogens (tertiary/aromatic N) is 1.